The van der Waals surface area contributed by atoms with Crippen LogP contribution in [0, 0.1) is 5.41 Å². The summed E-state index contributed by atoms with van der Waals surface area (Å²) in [7, 11) is 2.22. The normalized spacial score (nSPS) is 26.2. The molecule has 20 heavy (non-hydrogen) atoms. The molecule has 1 aromatic rings. The molecule has 2 heterocycles. The number of ether oxygens (including phenoxy) is 1. The molecule has 0 aromatic heterocycles. The molecule has 3 heteroatoms. The van der Waals surface area contributed by atoms with E-state index < -0.39 is 0 Å². The van der Waals surface area contributed by atoms with Crippen LogP contribution in [0.1, 0.15) is 36.9 Å². The van der Waals surface area contributed by atoms with Crippen LogP contribution < -0.4 is 5.32 Å². The number of rotatable bonds is 3. The molecule has 0 spiro atoms. The van der Waals surface area contributed by atoms with Crippen molar-refractivity contribution < 1.29 is 4.74 Å². The van der Waals surface area contributed by atoms with Gasteiger partial charge in [0.2, 0.25) is 0 Å². The van der Waals surface area contributed by atoms with Crippen LogP contribution in [0.3, 0.4) is 0 Å². The van der Waals surface area contributed by atoms with Crippen molar-refractivity contribution in [3.8, 4) is 0 Å². The van der Waals surface area contributed by atoms with E-state index in [9.17, 15) is 0 Å². The summed E-state index contributed by atoms with van der Waals surface area (Å²) in [4.78, 5) is 2.43. The average Bonchev–Trinajstić information content (AvgIpc) is 2.49. The van der Waals surface area contributed by atoms with E-state index in [0.717, 1.165) is 19.8 Å². The lowest BCUT2D eigenvalue weighted by Gasteiger charge is -2.39. The van der Waals surface area contributed by atoms with Crippen LogP contribution in [0.4, 0.5) is 0 Å². The van der Waals surface area contributed by atoms with Crippen molar-refractivity contribution >= 4 is 0 Å². The fourth-order valence-corrected chi connectivity index (χ4v) is 3.26. The maximum Gasteiger partial charge on any atom is 0.0721 e. The van der Waals surface area contributed by atoms with E-state index in [-0.39, 0.29) is 0 Å². The summed E-state index contributed by atoms with van der Waals surface area (Å²) in [6, 6.07) is 9.02. The lowest BCUT2D eigenvalue weighted by Crippen LogP contribution is -2.44. The van der Waals surface area contributed by atoms with E-state index in [0.29, 0.717) is 11.5 Å². The highest BCUT2D eigenvalue weighted by atomic mass is 16.5. The maximum absolute atomic E-state index is 5.73. The van der Waals surface area contributed by atoms with Crippen molar-refractivity contribution in [2.24, 2.45) is 5.41 Å². The Bertz CT molecular complexity index is 452. The number of benzene rings is 1. The number of nitrogens with one attached hydrogen (secondary N) is 1. The van der Waals surface area contributed by atoms with Gasteiger partial charge in [-0.3, -0.25) is 0 Å². The van der Waals surface area contributed by atoms with Crippen molar-refractivity contribution in [2.45, 2.75) is 32.4 Å². The molecular formula is C17H26N2O. The standard InChI is InChI=1S/C17H26N2O/c1-17(7-9-19(2)10-8-17)13-18-16-12-20-11-14-5-3-4-6-15(14)16/h3-6,16,18H,7-13H2,1-2H3. The van der Waals surface area contributed by atoms with E-state index in [1.54, 1.807) is 0 Å². The Morgan fingerprint density at radius 3 is 2.85 bits per heavy atom. The van der Waals surface area contributed by atoms with Crippen LogP contribution in [0.5, 0.6) is 0 Å². The van der Waals surface area contributed by atoms with Crippen LogP contribution in [0.25, 0.3) is 0 Å². The molecule has 0 amide bonds. The predicted molar refractivity (Wildman–Crippen MR) is 81.7 cm³/mol. The van der Waals surface area contributed by atoms with E-state index in [1.807, 2.05) is 0 Å². The second-order valence-electron chi connectivity index (χ2n) is 6.76. The van der Waals surface area contributed by atoms with Gasteiger partial charge in [-0.15, -0.1) is 0 Å². The molecule has 1 saturated heterocycles. The fourth-order valence-electron chi connectivity index (χ4n) is 3.26. The van der Waals surface area contributed by atoms with Crippen molar-refractivity contribution in [3.63, 3.8) is 0 Å². The first-order valence-electron chi connectivity index (χ1n) is 7.74. The molecule has 3 rings (SSSR count). The molecule has 1 atom stereocenters. The predicted octanol–water partition coefficient (Wildman–Crippen LogP) is 2.58. The third-order valence-electron chi connectivity index (χ3n) is 4.94. The lowest BCUT2D eigenvalue weighted by molar-refractivity contribution is 0.0715. The molecule has 3 nitrogen and oxygen atoms in total. The largest absolute Gasteiger partial charge is 0.375 e. The van der Waals surface area contributed by atoms with Crippen molar-refractivity contribution in [1.82, 2.24) is 10.2 Å². The minimum Gasteiger partial charge on any atom is -0.375 e. The SMILES string of the molecule is CN1CCC(C)(CNC2COCc3ccccc32)CC1. The van der Waals surface area contributed by atoms with Gasteiger partial charge in [0.1, 0.15) is 0 Å². The quantitative estimate of drug-likeness (QED) is 0.917. The highest BCUT2D eigenvalue weighted by molar-refractivity contribution is 5.31. The van der Waals surface area contributed by atoms with E-state index >= 15 is 0 Å². The maximum atomic E-state index is 5.73. The highest BCUT2D eigenvalue weighted by Crippen LogP contribution is 2.31. The average molecular weight is 274 g/mol. The van der Waals surface area contributed by atoms with Crippen LogP contribution in [0.15, 0.2) is 24.3 Å². The smallest absolute Gasteiger partial charge is 0.0721 e. The first-order chi connectivity index (χ1) is 9.66. The summed E-state index contributed by atoms with van der Waals surface area (Å²) < 4.78 is 5.73. The van der Waals surface area contributed by atoms with Crippen LogP contribution in [-0.2, 0) is 11.3 Å². The minimum atomic E-state index is 0.358. The van der Waals surface area contributed by atoms with Crippen LogP contribution in [0.2, 0.25) is 0 Å². The van der Waals surface area contributed by atoms with Gasteiger partial charge in [0.15, 0.2) is 0 Å². The summed E-state index contributed by atoms with van der Waals surface area (Å²) in [5.41, 5.74) is 3.19. The van der Waals surface area contributed by atoms with Gasteiger partial charge in [-0.25, -0.2) is 0 Å². The topological polar surface area (TPSA) is 24.5 Å². The Morgan fingerprint density at radius 2 is 2.05 bits per heavy atom. The molecule has 0 aliphatic carbocycles. The molecule has 1 unspecified atom stereocenters. The molecule has 1 fully saturated rings. The number of fused-ring (bicyclic) bond motifs is 1. The van der Waals surface area contributed by atoms with E-state index in [1.165, 1.54) is 37.1 Å². The molecule has 0 radical (unpaired) electrons. The van der Waals surface area contributed by atoms with E-state index in [4.69, 9.17) is 4.74 Å². The molecular weight excluding hydrogens is 248 g/mol. The number of hydrogen-bond donors (Lipinski definition) is 1. The first kappa shape index (κ1) is 14.1. The summed E-state index contributed by atoms with van der Waals surface area (Å²) in [5, 5.41) is 3.76. The van der Waals surface area contributed by atoms with Gasteiger partial charge in [-0.05, 0) is 49.5 Å². The number of hydrogen-bond acceptors (Lipinski definition) is 3. The molecule has 0 saturated carbocycles. The summed E-state index contributed by atoms with van der Waals surface area (Å²) in [6.45, 7) is 7.50. The summed E-state index contributed by atoms with van der Waals surface area (Å²) >= 11 is 0. The first-order valence-corrected chi connectivity index (χ1v) is 7.74. The van der Waals surface area contributed by atoms with Gasteiger partial charge in [0.05, 0.1) is 19.3 Å². The summed E-state index contributed by atoms with van der Waals surface area (Å²) in [5.74, 6) is 0. The van der Waals surface area contributed by atoms with E-state index in [2.05, 4.69) is 48.5 Å². The number of piperidine rings is 1. The lowest BCUT2D eigenvalue weighted by atomic mass is 9.80. The Labute approximate surface area is 122 Å². The minimum absolute atomic E-state index is 0.358. The third kappa shape index (κ3) is 3.05. The zero-order valence-corrected chi connectivity index (χ0v) is 12.7. The monoisotopic (exact) mass is 274 g/mol. The van der Waals surface area contributed by atoms with Gasteiger partial charge in [0, 0.05) is 6.54 Å². The second-order valence-corrected chi connectivity index (χ2v) is 6.76. The molecule has 1 N–H and O–H groups in total. The van der Waals surface area contributed by atoms with Gasteiger partial charge >= 0.3 is 0 Å². The zero-order chi connectivity index (χ0) is 14.0. The molecule has 0 bridgehead atoms. The van der Waals surface area contributed by atoms with Crippen molar-refractivity contribution in [2.75, 3.05) is 33.3 Å². The van der Waals surface area contributed by atoms with Gasteiger partial charge in [0.25, 0.3) is 0 Å². The number of nitrogens with zero attached hydrogens (tertiary/aromatic N) is 1. The Kier molecular flexibility index (Phi) is 4.11. The molecule has 2 aliphatic heterocycles. The zero-order valence-electron chi connectivity index (χ0n) is 12.7. The Balaban J connectivity index is 1.62. The fraction of sp³-hybridized carbons (Fsp3) is 0.647. The molecule has 1 aromatic carbocycles. The van der Waals surface area contributed by atoms with Crippen molar-refractivity contribution in [3.05, 3.63) is 35.4 Å². The van der Waals surface area contributed by atoms with Gasteiger partial charge < -0.3 is 15.0 Å². The van der Waals surface area contributed by atoms with Crippen LogP contribution >= 0.6 is 0 Å². The molecule has 110 valence electrons. The van der Waals surface area contributed by atoms with Crippen LogP contribution in [-0.4, -0.2) is 38.2 Å². The molecule has 2 aliphatic rings. The third-order valence-corrected chi connectivity index (χ3v) is 4.94. The Morgan fingerprint density at radius 1 is 1.30 bits per heavy atom. The van der Waals surface area contributed by atoms with Gasteiger partial charge in [-0.1, -0.05) is 31.2 Å². The summed E-state index contributed by atoms with van der Waals surface area (Å²) in [6.07, 6.45) is 2.57. The highest BCUT2D eigenvalue weighted by Gasteiger charge is 2.30. The second kappa shape index (κ2) is 5.84. The van der Waals surface area contributed by atoms with Gasteiger partial charge in [-0.2, -0.15) is 0 Å². The Hall–Kier alpha value is -0.900. The number of likely N-dealkylation sites (tertiary alicyclic amines) is 1. The van der Waals surface area contributed by atoms with Crippen molar-refractivity contribution in [1.29, 1.82) is 0 Å².